The molecule has 0 spiro atoms. The molecule has 3 aromatic rings. The third-order valence-corrected chi connectivity index (χ3v) is 5.04. The van der Waals surface area contributed by atoms with Crippen LogP contribution in [0.25, 0.3) is 22.6 Å². The van der Waals surface area contributed by atoms with E-state index in [0.717, 1.165) is 36.6 Å². The van der Waals surface area contributed by atoms with Gasteiger partial charge in [-0.1, -0.05) is 0 Å². The molecule has 1 amide bonds. The predicted molar refractivity (Wildman–Crippen MR) is 101 cm³/mol. The van der Waals surface area contributed by atoms with E-state index in [1.54, 1.807) is 0 Å². The van der Waals surface area contributed by atoms with Crippen molar-refractivity contribution in [2.45, 2.75) is 19.4 Å². The number of carbonyl (C=O) groups excluding carboxylic acids is 1. The Labute approximate surface area is 160 Å². The molecule has 0 radical (unpaired) electrons. The number of carbonyl (C=O) groups is 1. The Morgan fingerprint density at radius 2 is 1.89 bits per heavy atom. The first kappa shape index (κ1) is 17.0. The van der Waals surface area contributed by atoms with Crippen LogP contribution in [0, 0.1) is 5.92 Å². The van der Waals surface area contributed by atoms with Gasteiger partial charge in [-0.3, -0.25) is 4.79 Å². The lowest BCUT2D eigenvalue weighted by Gasteiger charge is -2.28. The first-order chi connectivity index (χ1) is 13.7. The van der Waals surface area contributed by atoms with E-state index < -0.39 is 5.91 Å². The average molecular weight is 380 g/mol. The standard InChI is InChI=1S/C18H20N8O2/c19-14(27)16-20-7-12(8-21-16)15-23-17(25-3-5-28-6-4-25)13-18(24-15)26(10-22-13)9-11-1-2-11/h7-8,10-11H,1-6,9H2,(H2,19,27). The maximum atomic E-state index is 11.2. The molecule has 10 heteroatoms. The van der Waals surface area contributed by atoms with Crippen LogP contribution in [-0.2, 0) is 11.3 Å². The van der Waals surface area contributed by atoms with Gasteiger partial charge in [0.25, 0.3) is 5.91 Å². The molecule has 0 aromatic carbocycles. The van der Waals surface area contributed by atoms with E-state index in [1.165, 1.54) is 25.2 Å². The lowest BCUT2D eigenvalue weighted by molar-refractivity contribution is 0.0990. The fourth-order valence-electron chi connectivity index (χ4n) is 3.34. The summed E-state index contributed by atoms with van der Waals surface area (Å²) >= 11 is 0. The van der Waals surface area contributed by atoms with E-state index in [-0.39, 0.29) is 5.82 Å². The van der Waals surface area contributed by atoms with Crippen molar-refractivity contribution in [3.8, 4) is 11.4 Å². The molecule has 1 aliphatic heterocycles. The number of nitrogens with two attached hydrogens (primary N) is 1. The maximum Gasteiger partial charge on any atom is 0.286 e. The smallest absolute Gasteiger partial charge is 0.286 e. The fourth-order valence-corrected chi connectivity index (χ4v) is 3.34. The quantitative estimate of drug-likeness (QED) is 0.683. The minimum atomic E-state index is -0.667. The fraction of sp³-hybridized carbons (Fsp3) is 0.444. The summed E-state index contributed by atoms with van der Waals surface area (Å²) in [5, 5.41) is 0. The molecule has 3 aromatic heterocycles. The van der Waals surface area contributed by atoms with Gasteiger partial charge in [0.15, 0.2) is 22.8 Å². The lowest BCUT2D eigenvalue weighted by atomic mass is 10.3. The minimum Gasteiger partial charge on any atom is -0.378 e. The number of imidazole rings is 1. The first-order valence-electron chi connectivity index (χ1n) is 9.37. The zero-order valence-corrected chi connectivity index (χ0v) is 15.3. The second-order valence-electron chi connectivity index (χ2n) is 7.14. The van der Waals surface area contributed by atoms with Gasteiger partial charge in [0, 0.05) is 32.0 Å². The van der Waals surface area contributed by atoms with E-state index in [4.69, 9.17) is 20.4 Å². The number of rotatable bonds is 5. The van der Waals surface area contributed by atoms with Crippen LogP contribution in [0.2, 0.25) is 0 Å². The highest BCUT2D eigenvalue weighted by Crippen LogP contribution is 2.33. The predicted octanol–water partition coefficient (Wildman–Crippen LogP) is 0.629. The monoisotopic (exact) mass is 380 g/mol. The highest BCUT2D eigenvalue weighted by Gasteiger charge is 2.25. The summed E-state index contributed by atoms with van der Waals surface area (Å²) in [5.74, 6) is 1.29. The number of fused-ring (bicyclic) bond motifs is 1. The van der Waals surface area contributed by atoms with Crippen molar-refractivity contribution in [2.75, 3.05) is 31.2 Å². The summed E-state index contributed by atoms with van der Waals surface area (Å²) in [7, 11) is 0. The molecule has 1 aliphatic carbocycles. The molecule has 1 saturated heterocycles. The van der Waals surface area contributed by atoms with Crippen molar-refractivity contribution in [3.05, 3.63) is 24.5 Å². The molecular formula is C18H20N8O2. The molecular weight excluding hydrogens is 360 g/mol. The number of hydrogen-bond donors (Lipinski definition) is 1. The van der Waals surface area contributed by atoms with Gasteiger partial charge in [0.2, 0.25) is 5.82 Å². The van der Waals surface area contributed by atoms with Crippen LogP contribution in [0.3, 0.4) is 0 Å². The van der Waals surface area contributed by atoms with Crippen LogP contribution in [0.15, 0.2) is 18.7 Å². The largest absolute Gasteiger partial charge is 0.378 e. The normalized spacial score (nSPS) is 17.2. The van der Waals surface area contributed by atoms with E-state index in [2.05, 4.69) is 24.4 Å². The van der Waals surface area contributed by atoms with Crippen LogP contribution < -0.4 is 10.6 Å². The van der Waals surface area contributed by atoms with Gasteiger partial charge < -0.3 is 19.9 Å². The topological polar surface area (TPSA) is 125 Å². The minimum absolute atomic E-state index is 0.0305. The van der Waals surface area contributed by atoms with Crippen molar-refractivity contribution >= 4 is 22.9 Å². The summed E-state index contributed by atoms with van der Waals surface area (Å²) < 4.78 is 7.57. The Balaban J connectivity index is 1.61. The SMILES string of the molecule is NC(=O)c1ncc(-c2nc(N3CCOCC3)c3ncn(CC4CC4)c3n2)cn1. The number of nitrogens with zero attached hydrogens (tertiary/aromatic N) is 7. The zero-order chi connectivity index (χ0) is 19.1. The van der Waals surface area contributed by atoms with Gasteiger partial charge >= 0.3 is 0 Å². The highest BCUT2D eigenvalue weighted by molar-refractivity contribution is 5.89. The van der Waals surface area contributed by atoms with Crippen molar-refractivity contribution in [3.63, 3.8) is 0 Å². The first-order valence-corrected chi connectivity index (χ1v) is 9.37. The zero-order valence-electron chi connectivity index (χ0n) is 15.3. The summed E-state index contributed by atoms with van der Waals surface area (Å²) in [6.45, 7) is 3.71. The van der Waals surface area contributed by atoms with Crippen molar-refractivity contribution in [2.24, 2.45) is 11.7 Å². The Kier molecular flexibility index (Phi) is 4.12. The van der Waals surface area contributed by atoms with Gasteiger partial charge in [0.1, 0.15) is 0 Å². The molecule has 5 rings (SSSR count). The van der Waals surface area contributed by atoms with Crippen LogP contribution in [-0.4, -0.2) is 61.7 Å². The van der Waals surface area contributed by atoms with Gasteiger partial charge in [-0.25, -0.2) is 24.9 Å². The molecule has 0 bridgehead atoms. The summed E-state index contributed by atoms with van der Waals surface area (Å²) in [5.41, 5.74) is 7.45. The van der Waals surface area contributed by atoms with E-state index in [9.17, 15) is 4.79 Å². The Hall–Kier alpha value is -3.14. The number of ether oxygens (including phenoxy) is 1. The molecule has 4 heterocycles. The molecule has 2 fully saturated rings. The van der Waals surface area contributed by atoms with Gasteiger partial charge in [-0.05, 0) is 18.8 Å². The number of amides is 1. The molecule has 2 N–H and O–H groups in total. The number of morpholine rings is 1. The number of hydrogen-bond acceptors (Lipinski definition) is 8. The number of anilines is 1. The molecule has 0 atom stereocenters. The van der Waals surface area contributed by atoms with Gasteiger partial charge in [0.05, 0.1) is 25.1 Å². The Bertz CT molecular complexity index is 1020. The lowest BCUT2D eigenvalue weighted by Crippen LogP contribution is -2.37. The Morgan fingerprint density at radius 1 is 1.14 bits per heavy atom. The number of aromatic nitrogens is 6. The number of primary amides is 1. The van der Waals surface area contributed by atoms with E-state index in [0.29, 0.717) is 30.5 Å². The van der Waals surface area contributed by atoms with Gasteiger partial charge in [-0.15, -0.1) is 0 Å². The van der Waals surface area contributed by atoms with Crippen LogP contribution in [0.4, 0.5) is 5.82 Å². The van der Waals surface area contributed by atoms with Crippen LogP contribution in [0.1, 0.15) is 23.5 Å². The molecule has 10 nitrogen and oxygen atoms in total. The van der Waals surface area contributed by atoms with Crippen molar-refractivity contribution < 1.29 is 9.53 Å². The molecule has 144 valence electrons. The van der Waals surface area contributed by atoms with Gasteiger partial charge in [-0.2, -0.15) is 0 Å². The second kappa shape index (κ2) is 6.79. The summed E-state index contributed by atoms with van der Waals surface area (Å²) in [6, 6.07) is 0. The third-order valence-electron chi connectivity index (χ3n) is 5.04. The van der Waals surface area contributed by atoms with Crippen molar-refractivity contribution in [1.82, 2.24) is 29.5 Å². The highest BCUT2D eigenvalue weighted by atomic mass is 16.5. The summed E-state index contributed by atoms with van der Waals surface area (Å²) in [4.78, 5) is 35.6. The Morgan fingerprint density at radius 3 is 2.57 bits per heavy atom. The molecule has 28 heavy (non-hydrogen) atoms. The van der Waals surface area contributed by atoms with E-state index >= 15 is 0 Å². The maximum absolute atomic E-state index is 11.2. The average Bonchev–Trinajstić information content (AvgIpc) is 3.46. The third kappa shape index (κ3) is 3.15. The van der Waals surface area contributed by atoms with E-state index in [1.807, 2.05) is 6.33 Å². The molecule has 2 aliphatic rings. The second-order valence-corrected chi connectivity index (χ2v) is 7.14. The van der Waals surface area contributed by atoms with Crippen LogP contribution in [0.5, 0.6) is 0 Å². The molecule has 1 saturated carbocycles. The van der Waals surface area contributed by atoms with Crippen molar-refractivity contribution in [1.29, 1.82) is 0 Å². The molecule has 0 unspecified atom stereocenters. The van der Waals surface area contributed by atoms with Crippen LogP contribution >= 0.6 is 0 Å². The summed E-state index contributed by atoms with van der Waals surface area (Å²) in [6.07, 6.45) is 7.39.